The third-order valence-corrected chi connectivity index (χ3v) is 5.09. The topological polar surface area (TPSA) is 45.2 Å². The van der Waals surface area contributed by atoms with Gasteiger partial charge in [-0.05, 0) is 55.8 Å². The molecule has 0 saturated heterocycles. The molecule has 27 heavy (non-hydrogen) atoms. The summed E-state index contributed by atoms with van der Waals surface area (Å²) in [6.07, 6.45) is 2.02. The second-order valence-electron chi connectivity index (χ2n) is 6.22. The Morgan fingerprint density at radius 3 is 2.67 bits per heavy atom. The summed E-state index contributed by atoms with van der Waals surface area (Å²) in [7, 11) is 1.83. The number of amides is 1. The quantitative estimate of drug-likeness (QED) is 0.473. The first kappa shape index (κ1) is 19.6. The smallest absolute Gasteiger partial charge is 0.238 e. The summed E-state index contributed by atoms with van der Waals surface area (Å²) in [6, 6.07) is 13.8. The third-order valence-electron chi connectivity index (χ3n) is 4.03. The van der Waals surface area contributed by atoms with Crippen LogP contribution < -0.4 is 5.32 Å². The Labute approximate surface area is 166 Å². The van der Waals surface area contributed by atoms with Crippen LogP contribution in [0.4, 0.5) is 10.1 Å². The molecule has 0 saturated carbocycles. The Morgan fingerprint density at radius 2 is 1.96 bits per heavy atom. The van der Waals surface area contributed by atoms with Crippen LogP contribution in [0.25, 0.3) is 10.9 Å². The van der Waals surface area contributed by atoms with E-state index in [9.17, 15) is 9.18 Å². The molecule has 4 nitrogen and oxygen atoms in total. The van der Waals surface area contributed by atoms with Crippen molar-refractivity contribution in [3.63, 3.8) is 0 Å². The molecule has 1 amide bonds. The van der Waals surface area contributed by atoms with Gasteiger partial charge in [0.15, 0.2) is 0 Å². The second-order valence-corrected chi connectivity index (χ2v) is 7.46. The lowest BCUT2D eigenvalue weighted by Crippen LogP contribution is -2.30. The predicted molar refractivity (Wildman–Crippen MR) is 110 cm³/mol. The van der Waals surface area contributed by atoms with E-state index >= 15 is 0 Å². The van der Waals surface area contributed by atoms with Crippen LogP contribution in [-0.4, -0.2) is 35.6 Å². The monoisotopic (exact) mass is 403 g/mol. The maximum Gasteiger partial charge on any atom is 0.238 e. The molecule has 0 spiro atoms. The number of carbonyl (C=O) groups is 1. The number of nitrogens with zero attached hydrogens (tertiary/aromatic N) is 2. The van der Waals surface area contributed by atoms with Gasteiger partial charge in [-0.3, -0.25) is 9.69 Å². The molecule has 7 heteroatoms. The predicted octanol–water partition coefficient (Wildman–Crippen LogP) is 4.82. The van der Waals surface area contributed by atoms with Crippen LogP contribution in [0.3, 0.4) is 0 Å². The van der Waals surface area contributed by atoms with Gasteiger partial charge in [0.1, 0.15) is 11.0 Å². The van der Waals surface area contributed by atoms with Crippen LogP contribution in [0.15, 0.2) is 53.4 Å². The standard InChI is InChI=1S/C20H19ClFN3OS/c1-25(12-19(26)23-16-6-4-15(22)5-7-16)11-14-9-13-3-8-17(27-2)10-18(13)24-20(14)21/h3-10H,11-12H2,1-2H3,(H,23,26). The normalized spacial score (nSPS) is 11.1. The van der Waals surface area contributed by atoms with Crippen molar-refractivity contribution in [1.29, 1.82) is 0 Å². The van der Waals surface area contributed by atoms with Crippen molar-refractivity contribution in [2.24, 2.45) is 0 Å². The Kier molecular flexibility index (Phi) is 6.31. The minimum absolute atomic E-state index is 0.178. The molecule has 0 unspecified atom stereocenters. The molecule has 0 atom stereocenters. The fourth-order valence-electron chi connectivity index (χ4n) is 2.73. The van der Waals surface area contributed by atoms with Gasteiger partial charge in [-0.1, -0.05) is 17.7 Å². The molecule has 1 heterocycles. The number of likely N-dealkylation sites (N-methyl/N-ethyl adjacent to an activating group) is 1. The molecule has 140 valence electrons. The number of hydrogen-bond acceptors (Lipinski definition) is 4. The van der Waals surface area contributed by atoms with Gasteiger partial charge in [-0.2, -0.15) is 0 Å². The summed E-state index contributed by atoms with van der Waals surface area (Å²) in [5.74, 6) is -0.521. The summed E-state index contributed by atoms with van der Waals surface area (Å²) in [6.45, 7) is 0.667. The number of thioether (sulfide) groups is 1. The van der Waals surface area contributed by atoms with E-state index in [2.05, 4.69) is 10.3 Å². The van der Waals surface area contributed by atoms with Gasteiger partial charge in [0.2, 0.25) is 5.91 Å². The first-order valence-electron chi connectivity index (χ1n) is 8.32. The first-order valence-corrected chi connectivity index (χ1v) is 9.92. The zero-order valence-corrected chi connectivity index (χ0v) is 16.6. The highest BCUT2D eigenvalue weighted by atomic mass is 35.5. The van der Waals surface area contributed by atoms with E-state index in [1.54, 1.807) is 11.8 Å². The van der Waals surface area contributed by atoms with Crippen LogP contribution in [0, 0.1) is 5.82 Å². The zero-order valence-electron chi connectivity index (χ0n) is 15.0. The Bertz CT molecular complexity index is 965. The number of pyridine rings is 1. The van der Waals surface area contributed by atoms with Crippen molar-refractivity contribution in [2.75, 3.05) is 25.2 Å². The van der Waals surface area contributed by atoms with Crippen molar-refractivity contribution < 1.29 is 9.18 Å². The van der Waals surface area contributed by atoms with Crippen LogP contribution >= 0.6 is 23.4 Å². The van der Waals surface area contributed by atoms with Gasteiger partial charge in [-0.25, -0.2) is 9.37 Å². The highest BCUT2D eigenvalue weighted by Crippen LogP contribution is 2.25. The zero-order chi connectivity index (χ0) is 19.4. The SMILES string of the molecule is CSc1ccc2cc(CN(C)CC(=O)Nc3ccc(F)cc3)c(Cl)nc2c1. The Balaban J connectivity index is 1.66. The number of nitrogens with one attached hydrogen (secondary N) is 1. The van der Waals surface area contributed by atoms with Gasteiger partial charge in [0.05, 0.1) is 12.1 Å². The largest absolute Gasteiger partial charge is 0.325 e. The Hall–Kier alpha value is -2.15. The summed E-state index contributed by atoms with van der Waals surface area (Å²) in [4.78, 5) is 19.6. The van der Waals surface area contributed by atoms with Gasteiger partial charge in [0.25, 0.3) is 0 Å². The lowest BCUT2D eigenvalue weighted by atomic mass is 10.1. The minimum atomic E-state index is -0.340. The van der Waals surface area contributed by atoms with E-state index in [0.717, 1.165) is 21.4 Å². The number of fused-ring (bicyclic) bond motifs is 1. The van der Waals surface area contributed by atoms with Gasteiger partial charge in [0, 0.05) is 28.1 Å². The molecule has 0 aliphatic rings. The van der Waals surface area contributed by atoms with Crippen LogP contribution in [0.2, 0.25) is 5.15 Å². The van der Waals surface area contributed by atoms with Crippen molar-refractivity contribution in [3.8, 4) is 0 Å². The lowest BCUT2D eigenvalue weighted by molar-refractivity contribution is -0.117. The number of rotatable bonds is 6. The molecule has 0 radical (unpaired) electrons. The van der Waals surface area contributed by atoms with E-state index in [4.69, 9.17) is 11.6 Å². The number of anilines is 1. The molecule has 2 aromatic carbocycles. The first-order chi connectivity index (χ1) is 12.9. The molecule has 3 rings (SSSR count). The highest BCUT2D eigenvalue weighted by Gasteiger charge is 2.12. The van der Waals surface area contributed by atoms with Crippen molar-refractivity contribution >= 4 is 45.9 Å². The average molecular weight is 404 g/mol. The number of halogens is 2. The van der Waals surface area contributed by atoms with E-state index < -0.39 is 0 Å². The van der Waals surface area contributed by atoms with E-state index in [1.165, 1.54) is 24.3 Å². The van der Waals surface area contributed by atoms with Crippen LogP contribution in [0.5, 0.6) is 0 Å². The van der Waals surface area contributed by atoms with Crippen molar-refractivity contribution in [1.82, 2.24) is 9.88 Å². The van der Waals surface area contributed by atoms with Crippen molar-refractivity contribution in [2.45, 2.75) is 11.4 Å². The summed E-state index contributed by atoms with van der Waals surface area (Å²) in [5, 5.41) is 4.19. The van der Waals surface area contributed by atoms with E-state index in [-0.39, 0.29) is 18.3 Å². The molecular weight excluding hydrogens is 385 g/mol. The molecule has 1 N–H and O–H groups in total. The fraction of sp³-hybridized carbons (Fsp3) is 0.200. The molecule has 3 aromatic rings. The number of carbonyl (C=O) groups excluding carboxylic acids is 1. The van der Waals surface area contributed by atoms with E-state index in [0.29, 0.717) is 17.4 Å². The van der Waals surface area contributed by atoms with Crippen molar-refractivity contribution in [3.05, 3.63) is 65.1 Å². The van der Waals surface area contributed by atoms with Crippen LogP contribution in [-0.2, 0) is 11.3 Å². The third kappa shape index (κ3) is 5.19. The van der Waals surface area contributed by atoms with E-state index in [1.807, 2.05) is 42.5 Å². The lowest BCUT2D eigenvalue weighted by Gasteiger charge is -2.17. The second kappa shape index (κ2) is 8.69. The maximum absolute atomic E-state index is 12.9. The molecule has 1 aromatic heterocycles. The summed E-state index contributed by atoms with van der Waals surface area (Å²) >= 11 is 8.00. The van der Waals surface area contributed by atoms with Gasteiger partial charge in [-0.15, -0.1) is 11.8 Å². The molecule has 0 bridgehead atoms. The Morgan fingerprint density at radius 1 is 1.22 bits per heavy atom. The summed E-state index contributed by atoms with van der Waals surface area (Å²) < 4.78 is 12.9. The van der Waals surface area contributed by atoms with Crippen LogP contribution in [0.1, 0.15) is 5.56 Å². The minimum Gasteiger partial charge on any atom is -0.325 e. The summed E-state index contributed by atoms with van der Waals surface area (Å²) in [5.41, 5.74) is 2.27. The maximum atomic E-state index is 12.9. The van der Waals surface area contributed by atoms with Gasteiger partial charge >= 0.3 is 0 Å². The number of aromatic nitrogens is 1. The van der Waals surface area contributed by atoms with Gasteiger partial charge < -0.3 is 5.32 Å². The average Bonchev–Trinajstić information content (AvgIpc) is 2.63. The number of hydrogen-bond donors (Lipinski definition) is 1. The fourth-order valence-corrected chi connectivity index (χ4v) is 3.37. The molecular formula is C20H19ClFN3OS. The highest BCUT2D eigenvalue weighted by molar-refractivity contribution is 7.98. The molecule has 0 aliphatic carbocycles. The molecule has 0 fully saturated rings. The molecule has 0 aliphatic heterocycles. The number of benzene rings is 2.